The standard InChI is InChI=1S/C18H16BrN3O4/c1-24-17-10-13(2-7-16(17)25-9-8-20)11-21-22-18(23)12-26-15-5-3-14(19)4-6-15/h2-7,10-11H,9,12H2,1H3,(H,22,23). The number of halogens is 1. The van der Waals surface area contributed by atoms with Gasteiger partial charge in [-0.15, -0.1) is 0 Å². The fourth-order valence-corrected chi connectivity index (χ4v) is 2.15. The summed E-state index contributed by atoms with van der Waals surface area (Å²) >= 11 is 3.32. The predicted molar refractivity (Wildman–Crippen MR) is 99.5 cm³/mol. The van der Waals surface area contributed by atoms with E-state index >= 15 is 0 Å². The number of rotatable bonds is 8. The lowest BCUT2D eigenvalue weighted by Crippen LogP contribution is -2.24. The summed E-state index contributed by atoms with van der Waals surface area (Å²) in [7, 11) is 1.50. The van der Waals surface area contributed by atoms with E-state index in [1.165, 1.54) is 13.3 Å². The normalized spacial score (nSPS) is 10.2. The van der Waals surface area contributed by atoms with Gasteiger partial charge in [0, 0.05) is 4.47 Å². The quantitative estimate of drug-likeness (QED) is 0.526. The SMILES string of the molecule is COc1cc(C=NNC(=O)COc2ccc(Br)cc2)ccc1OCC#N. The van der Waals surface area contributed by atoms with E-state index in [1.54, 1.807) is 30.3 Å². The zero-order valence-electron chi connectivity index (χ0n) is 13.9. The van der Waals surface area contributed by atoms with Crippen molar-refractivity contribution in [2.75, 3.05) is 20.3 Å². The van der Waals surface area contributed by atoms with Crippen molar-refractivity contribution in [1.29, 1.82) is 5.26 Å². The van der Waals surface area contributed by atoms with Crippen molar-refractivity contribution in [3.05, 3.63) is 52.5 Å². The molecule has 0 radical (unpaired) electrons. The molecule has 0 bridgehead atoms. The van der Waals surface area contributed by atoms with E-state index in [4.69, 9.17) is 19.5 Å². The number of hydrogen-bond acceptors (Lipinski definition) is 6. The van der Waals surface area contributed by atoms with Crippen LogP contribution in [-0.4, -0.2) is 32.4 Å². The average Bonchev–Trinajstić information content (AvgIpc) is 2.66. The fraction of sp³-hybridized carbons (Fsp3) is 0.167. The van der Waals surface area contributed by atoms with Crippen LogP contribution in [0.2, 0.25) is 0 Å². The monoisotopic (exact) mass is 417 g/mol. The van der Waals surface area contributed by atoms with E-state index < -0.39 is 0 Å². The van der Waals surface area contributed by atoms with Gasteiger partial charge in [0.05, 0.1) is 13.3 Å². The number of amides is 1. The van der Waals surface area contributed by atoms with Gasteiger partial charge in [-0.25, -0.2) is 5.43 Å². The second-order valence-corrected chi connectivity index (χ2v) is 5.81. The molecule has 26 heavy (non-hydrogen) atoms. The van der Waals surface area contributed by atoms with Crippen molar-refractivity contribution in [2.24, 2.45) is 5.10 Å². The third-order valence-corrected chi connectivity index (χ3v) is 3.60. The molecule has 0 aliphatic carbocycles. The topological polar surface area (TPSA) is 92.9 Å². The minimum absolute atomic E-state index is 0.0712. The molecule has 0 saturated carbocycles. The number of benzene rings is 2. The van der Waals surface area contributed by atoms with Crippen LogP contribution in [0.4, 0.5) is 0 Å². The summed E-state index contributed by atoms with van der Waals surface area (Å²) in [4.78, 5) is 11.7. The summed E-state index contributed by atoms with van der Waals surface area (Å²) in [6.07, 6.45) is 1.47. The Hall–Kier alpha value is -3.05. The average molecular weight is 418 g/mol. The lowest BCUT2D eigenvalue weighted by Gasteiger charge is -2.08. The van der Waals surface area contributed by atoms with Crippen molar-refractivity contribution >= 4 is 28.1 Å². The molecular formula is C18H16BrN3O4. The minimum Gasteiger partial charge on any atom is -0.493 e. The van der Waals surface area contributed by atoms with E-state index in [0.717, 1.165) is 4.47 Å². The Kier molecular flexibility index (Phi) is 7.46. The number of nitriles is 1. The van der Waals surface area contributed by atoms with Crippen LogP contribution in [0.3, 0.4) is 0 Å². The van der Waals surface area contributed by atoms with Gasteiger partial charge in [0.1, 0.15) is 11.8 Å². The first-order valence-corrected chi connectivity index (χ1v) is 8.29. The Balaban J connectivity index is 1.86. The Morgan fingerprint density at radius 3 is 2.69 bits per heavy atom. The zero-order chi connectivity index (χ0) is 18.8. The van der Waals surface area contributed by atoms with Gasteiger partial charge in [-0.05, 0) is 48.0 Å². The molecule has 0 aliphatic rings. The van der Waals surface area contributed by atoms with Crippen molar-refractivity contribution < 1.29 is 19.0 Å². The highest BCUT2D eigenvalue weighted by Gasteiger charge is 2.05. The number of carbonyl (C=O) groups excluding carboxylic acids is 1. The number of methoxy groups -OCH3 is 1. The first-order valence-electron chi connectivity index (χ1n) is 7.50. The van der Waals surface area contributed by atoms with Crippen LogP contribution < -0.4 is 19.6 Å². The maximum Gasteiger partial charge on any atom is 0.277 e. The highest BCUT2D eigenvalue weighted by atomic mass is 79.9. The van der Waals surface area contributed by atoms with Gasteiger partial charge in [0.2, 0.25) is 0 Å². The molecule has 0 atom stereocenters. The van der Waals surface area contributed by atoms with E-state index in [9.17, 15) is 4.79 Å². The van der Waals surface area contributed by atoms with Crippen molar-refractivity contribution in [1.82, 2.24) is 5.43 Å². The van der Waals surface area contributed by atoms with Crippen molar-refractivity contribution in [3.63, 3.8) is 0 Å². The van der Waals surface area contributed by atoms with E-state index in [2.05, 4.69) is 26.5 Å². The molecule has 0 fully saturated rings. The number of hydrogen-bond donors (Lipinski definition) is 1. The number of carbonyl (C=O) groups is 1. The highest BCUT2D eigenvalue weighted by molar-refractivity contribution is 9.10. The fourth-order valence-electron chi connectivity index (χ4n) is 1.88. The largest absolute Gasteiger partial charge is 0.493 e. The minimum atomic E-state index is -0.384. The summed E-state index contributed by atoms with van der Waals surface area (Å²) in [6, 6.07) is 14.1. The molecule has 0 spiro atoms. The van der Waals surface area contributed by atoms with Crippen LogP contribution in [0.5, 0.6) is 17.2 Å². The zero-order valence-corrected chi connectivity index (χ0v) is 15.5. The van der Waals surface area contributed by atoms with Crippen molar-refractivity contribution in [2.45, 2.75) is 0 Å². The first-order chi connectivity index (χ1) is 12.6. The Morgan fingerprint density at radius 2 is 2.00 bits per heavy atom. The molecule has 7 nitrogen and oxygen atoms in total. The second-order valence-electron chi connectivity index (χ2n) is 4.89. The van der Waals surface area contributed by atoms with Gasteiger partial charge in [-0.3, -0.25) is 4.79 Å². The highest BCUT2D eigenvalue weighted by Crippen LogP contribution is 2.27. The Bertz CT molecular complexity index is 816. The number of ether oxygens (including phenoxy) is 3. The Labute approximate surface area is 159 Å². The van der Waals surface area contributed by atoms with Crippen LogP contribution in [0.15, 0.2) is 52.0 Å². The van der Waals surface area contributed by atoms with E-state index in [1.807, 2.05) is 18.2 Å². The molecule has 0 aromatic heterocycles. The van der Waals surface area contributed by atoms with Crippen LogP contribution in [0, 0.1) is 11.3 Å². The Morgan fingerprint density at radius 1 is 1.23 bits per heavy atom. The first kappa shape index (κ1) is 19.3. The summed E-state index contributed by atoms with van der Waals surface area (Å²) in [5.74, 6) is 1.13. The second kappa shape index (κ2) is 10.1. The molecule has 0 unspecified atom stereocenters. The molecule has 0 saturated heterocycles. The molecule has 8 heteroatoms. The van der Waals surface area contributed by atoms with E-state index in [0.29, 0.717) is 22.8 Å². The third kappa shape index (κ3) is 6.11. The molecule has 2 aromatic rings. The molecule has 1 N–H and O–H groups in total. The molecule has 0 heterocycles. The predicted octanol–water partition coefficient (Wildman–Crippen LogP) is 2.89. The van der Waals surface area contributed by atoms with E-state index in [-0.39, 0.29) is 19.1 Å². The van der Waals surface area contributed by atoms with Gasteiger partial charge in [0.25, 0.3) is 5.91 Å². The number of hydrazone groups is 1. The molecule has 0 aliphatic heterocycles. The molecule has 2 aromatic carbocycles. The summed E-state index contributed by atoms with van der Waals surface area (Å²) in [6.45, 7) is -0.221. The number of nitrogens with one attached hydrogen (secondary N) is 1. The molecular weight excluding hydrogens is 402 g/mol. The third-order valence-electron chi connectivity index (χ3n) is 3.07. The maximum absolute atomic E-state index is 11.7. The summed E-state index contributed by atoms with van der Waals surface area (Å²) < 4.78 is 16.7. The van der Waals surface area contributed by atoms with Crippen LogP contribution in [-0.2, 0) is 4.79 Å². The smallest absolute Gasteiger partial charge is 0.277 e. The van der Waals surface area contributed by atoms with Gasteiger partial charge in [0.15, 0.2) is 24.7 Å². The summed E-state index contributed by atoms with van der Waals surface area (Å²) in [5.41, 5.74) is 3.07. The van der Waals surface area contributed by atoms with Gasteiger partial charge < -0.3 is 14.2 Å². The van der Waals surface area contributed by atoms with Gasteiger partial charge in [-0.1, -0.05) is 15.9 Å². The lowest BCUT2D eigenvalue weighted by molar-refractivity contribution is -0.123. The summed E-state index contributed by atoms with van der Waals surface area (Å²) in [5, 5.41) is 12.4. The number of nitrogens with zero attached hydrogens (tertiary/aromatic N) is 2. The maximum atomic E-state index is 11.7. The molecule has 1 amide bonds. The molecule has 2 rings (SSSR count). The van der Waals surface area contributed by atoms with Gasteiger partial charge >= 0.3 is 0 Å². The van der Waals surface area contributed by atoms with Crippen LogP contribution in [0.25, 0.3) is 0 Å². The van der Waals surface area contributed by atoms with Crippen LogP contribution in [0.1, 0.15) is 5.56 Å². The van der Waals surface area contributed by atoms with Crippen LogP contribution >= 0.6 is 15.9 Å². The van der Waals surface area contributed by atoms with Crippen molar-refractivity contribution in [3.8, 4) is 23.3 Å². The lowest BCUT2D eigenvalue weighted by atomic mass is 10.2. The molecule has 134 valence electrons. The van der Waals surface area contributed by atoms with Gasteiger partial charge in [-0.2, -0.15) is 10.4 Å².